The molecule has 3 nitrogen and oxygen atoms in total. The highest BCUT2D eigenvalue weighted by atomic mass is 16.5. The minimum absolute atomic E-state index is 0.0737. The molecule has 3 heteroatoms. The van der Waals surface area contributed by atoms with Crippen LogP contribution in [-0.4, -0.2) is 25.5 Å². The van der Waals surface area contributed by atoms with Crippen molar-refractivity contribution in [1.82, 2.24) is 0 Å². The zero-order valence-corrected chi connectivity index (χ0v) is 9.87. The van der Waals surface area contributed by atoms with Crippen molar-refractivity contribution in [3.63, 3.8) is 0 Å². The highest BCUT2D eigenvalue weighted by Gasteiger charge is 2.25. The number of nitrogens with one attached hydrogen (secondary N) is 1. The lowest BCUT2D eigenvalue weighted by Crippen LogP contribution is -2.17. The van der Waals surface area contributed by atoms with E-state index in [1.165, 1.54) is 11.3 Å². The standard InChI is InChI=1S/C14H17NO2/c16-14(12-5-7-17-9-12)11-3-4-13-10(8-11)2-1-6-15-13/h3-4,8,12,15H,1-2,5-7,9H2. The molecule has 1 N–H and O–H groups in total. The van der Waals surface area contributed by atoms with E-state index in [0.29, 0.717) is 6.61 Å². The maximum Gasteiger partial charge on any atom is 0.168 e. The van der Waals surface area contributed by atoms with Crippen LogP contribution in [0.4, 0.5) is 5.69 Å². The van der Waals surface area contributed by atoms with Crippen molar-refractivity contribution in [2.24, 2.45) is 5.92 Å². The Morgan fingerprint density at radius 2 is 2.35 bits per heavy atom. The van der Waals surface area contributed by atoms with Gasteiger partial charge in [-0.05, 0) is 43.0 Å². The predicted molar refractivity (Wildman–Crippen MR) is 66.5 cm³/mol. The third-order valence-corrected chi connectivity index (χ3v) is 3.63. The van der Waals surface area contributed by atoms with Gasteiger partial charge in [-0.3, -0.25) is 4.79 Å². The Hall–Kier alpha value is -1.35. The average molecular weight is 231 g/mol. The second-order valence-electron chi connectivity index (χ2n) is 4.83. The van der Waals surface area contributed by atoms with Gasteiger partial charge in [0, 0.05) is 30.3 Å². The summed E-state index contributed by atoms with van der Waals surface area (Å²) in [6.07, 6.45) is 3.09. The molecule has 1 saturated heterocycles. The third-order valence-electron chi connectivity index (χ3n) is 3.63. The Morgan fingerprint density at radius 3 is 3.18 bits per heavy atom. The zero-order valence-electron chi connectivity index (χ0n) is 9.87. The van der Waals surface area contributed by atoms with E-state index in [4.69, 9.17) is 4.74 Å². The lowest BCUT2D eigenvalue weighted by atomic mass is 9.93. The summed E-state index contributed by atoms with van der Waals surface area (Å²) in [7, 11) is 0. The van der Waals surface area contributed by atoms with Crippen molar-refractivity contribution in [3.8, 4) is 0 Å². The van der Waals surface area contributed by atoms with Crippen LogP contribution in [0.3, 0.4) is 0 Å². The molecule has 1 atom stereocenters. The lowest BCUT2D eigenvalue weighted by Gasteiger charge is -2.19. The molecule has 1 fully saturated rings. The van der Waals surface area contributed by atoms with Crippen molar-refractivity contribution in [1.29, 1.82) is 0 Å². The number of rotatable bonds is 2. The molecule has 90 valence electrons. The first-order valence-corrected chi connectivity index (χ1v) is 6.33. The van der Waals surface area contributed by atoms with Crippen LogP contribution in [0.1, 0.15) is 28.8 Å². The van der Waals surface area contributed by atoms with Crippen LogP contribution in [-0.2, 0) is 11.2 Å². The number of benzene rings is 1. The largest absolute Gasteiger partial charge is 0.385 e. The van der Waals surface area contributed by atoms with Crippen LogP contribution in [0.5, 0.6) is 0 Å². The van der Waals surface area contributed by atoms with E-state index in [2.05, 4.69) is 11.4 Å². The van der Waals surface area contributed by atoms with E-state index in [-0.39, 0.29) is 11.7 Å². The van der Waals surface area contributed by atoms with Crippen LogP contribution >= 0.6 is 0 Å². The Labute approximate surface area is 101 Å². The molecule has 2 heterocycles. The molecule has 17 heavy (non-hydrogen) atoms. The number of anilines is 1. The summed E-state index contributed by atoms with van der Waals surface area (Å²) in [4.78, 5) is 12.2. The van der Waals surface area contributed by atoms with Gasteiger partial charge in [0.1, 0.15) is 0 Å². The second-order valence-corrected chi connectivity index (χ2v) is 4.83. The molecule has 1 aromatic rings. The average Bonchev–Trinajstić information content (AvgIpc) is 2.91. The second kappa shape index (κ2) is 4.49. The molecule has 0 radical (unpaired) electrons. The van der Waals surface area contributed by atoms with Crippen LogP contribution in [0.25, 0.3) is 0 Å². The molecule has 0 amide bonds. The summed E-state index contributed by atoms with van der Waals surface area (Å²) < 4.78 is 5.28. The zero-order chi connectivity index (χ0) is 11.7. The maximum atomic E-state index is 12.2. The molecule has 1 aromatic carbocycles. The molecule has 0 aliphatic carbocycles. The van der Waals surface area contributed by atoms with E-state index in [1.54, 1.807) is 0 Å². The Balaban J connectivity index is 1.85. The number of ether oxygens (including phenoxy) is 1. The number of hydrogen-bond donors (Lipinski definition) is 1. The molecule has 2 aliphatic rings. The van der Waals surface area contributed by atoms with Gasteiger partial charge in [-0.15, -0.1) is 0 Å². The smallest absolute Gasteiger partial charge is 0.168 e. The van der Waals surface area contributed by atoms with E-state index >= 15 is 0 Å². The summed E-state index contributed by atoms with van der Waals surface area (Å²) in [6, 6.07) is 6.04. The number of hydrogen-bond acceptors (Lipinski definition) is 3. The summed E-state index contributed by atoms with van der Waals surface area (Å²) in [5.74, 6) is 0.320. The van der Waals surface area contributed by atoms with E-state index in [1.807, 2.05) is 12.1 Å². The summed E-state index contributed by atoms with van der Waals surface area (Å²) in [5, 5.41) is 3.36. The minimum Gasteiger partial charge on any atom is -0.385 e. The molecule has 0 spiro atoms. The Bertz CT molecular complexity index is 436. The predicted octanol–water partition coefficient (Wildman–Crippen LogP) is 2.26. The summed E-state index contributed by atoms with van der Waals surface area (Å²) >= 11 is 0. The summed E-state index contributed by atoms with van der Waals surface area (Å²) in [5.41, 5.74) is 3.32. The Kier molecular flexibility index (Phi) is 2.85. The first kappa shape index (κ1) is 10.8. The first-order chi connectivity index (χ1) is 8.34. The molecule has 3 rings (SSSR count). The van der Waals surface area contributed by atoms with Crippen molar-refractivity contribution < 1.29 is 9.53 Å². The normalized spacial score (nSPS) is 22.9. The van der Waals surface area contributed by atoms with Gasteiger partial charge in [-0.2, -0.15) is 0 Å². The maximum absolute atomic E-state index is 12.2. The van der Waals surface area contributed by atoms with Crippen LogP contribution in [0.2, 0.25) is 0 Å². The first-order valence-electron chi connectivity index (χ1n) is 6.33. The van der Waals surface area contributed by atoms with Crippen molar-refractivity contribution in [3.05, 3.63) is 29.3 Å². The van der Waals surface area contributed by atoms with Gasteiger partial charge < -0.3 is 10.1 Å². The number of aryl methyl sites for hydroxylation is 1. The SMILES string of the molecule is O=C(c1ccc2c(c1)CCCN2)C1CCOC1. The highest BCUT2D eigenvalue weighted by molar-refractivity contribution is 5.98. The Morgan fingerprint density at radius 1 is 1.41 bits per heavy atom. The van der Waals surface area contributed by atoms with Crippen molar-refractivity contribution in [2.75, 3.05) is 25.1 Å². The van der Waals surface area contributed by atoms with Crippen LogP contribution < -0.4 is 5.32 Å². The fourth-order valence-corrected chi connectivity index (χ4v) is 2.61. The third kappa shape index (κ3) is 2.07. The van der Waals surface area contributed by atoms with Crippen LogP contribution in [0, 0.1) is 5.92 Å². The number of fused-ring (bicyclic) bond motifs is 1. The molecular formula is C14H17NO2. The quantitative estimate of drug-likeness (QED) is 0.793. The van der Waals surface area contributed by atoms with E-state index in [0.717, 1.165) is 38.0 Å². The number of ketones is 1. The van der Waals surface area contributed by atoms with Crippen LogP contribution in [0.15, 0.2) is 18.2 Å². The number of carbonyl (C=O) groups excluding carboxylic acids is 1. The molecule has 2 aliphatic heterocycles. The van der Waals surface area contributed by atoms with Gasteiger partial charge in [0.25, 0.3) is 0 Å². The summed E-state index contributed by atoms with van der Waals surface area (Å²) in [6.45, 7) is 2.35. The van der Waals surface area contributed by atoms with Gasteiger partial charge in [-0.25, -0.2) is 0 Å². The fourth-order valence-electron chi connectivity index (χ4n) is 2.61. The van der Waals surface area contributed by atoms with Gasteiger partial charge in [-0.1, -0.05) is 0 Å². The number of Topliss-reactive ketones (excluding diaryl/α,β-unsaturated/α-hetero) is 1. The lowest BCUT2D eigenvalue weighted by molar-refractivity contribution is 0.0900. The van der Waals surface area contributed by atoms with Gasteiger partial charge in [0.05, 0.1) is 6.61 Å². The van der Waals surface area contributed by atoms with Gasteiger partial charge in [0.15, 0.2) is 5.78 Å². The fraction of sp³-hybridized carbons (Fsp3) is 0.500. The molecule has 0 aromatic heterocycles. The molecule has 1 unspecified atom stereocenters. The molecule has 0 saturated carbocycles. The molecule has 0 bridgehead atoms. The van der Waals surface area contributed by atoms with E-state index in [9.17, 15) is 4.79 Å². The van der Waals surface area contributed by atoms with Gasteiger partial charge >= 0.3 is 0 Å². The minimum atomic E-state index is 0.0737. The topological polar surface area (TPSA) is 38.3 Å². The van der Waals surface area contributed by atoms with E-state index < -0.39 is 0 Å². The van der Waals surface area contributed by atoms with Crippen molar-refractivity contribution in [2.45, 2.75) is 19.3 Å². The monoisotopic (exact) mass is 231 g/mol. The van der Waals surface area contributed by atoms with Crippen molar-refractivity contribution >= 4 is 11.5 Å². The van der Waals surface area contributed by atoms with Gasteiger partial charge in [0.2, 0.25) is 0 Å². The number of carbonyl (C=O) groups is 1. The molecular weight excluding hydrogens is 214 g/mol. The highest BCUT2D eigenvalue weighted by Crippen LogP contribution is 2.25.